The van der Waals surface area contributed by atoms with E-state index in [1.165, 1.54) is 24.8 Å². The molecular formula is C26H34N2O2S. The molecule has 0 heterocycles. The fourth-order valence-corrected chi connectivity index (χ4v) is 4.94. The summed E-state index contributed by atoms with van der Waals surface area (Å²) >= 11 is 1.60. The van der Waals surface area contributed by atoms with Crippen molar-refractivity contribution in [1.82, 2.24) is 10.2 Å². The smallest absolute Gasteiger partial charge is 0.242 e. The minimum absolute atomic E-state index is 0.00808. The third kappa shape index (κ3) is 7.42. The van der Waals surface area contributed by atoms with Gasteiger partial charge in [0, 0.05) is 18.3 Å². The summed E-state index contributed by atoms with van der Waals surface area (Å²) in [5.74, 6) is 1.12. The van der Waals surface area contributed by atoms with E-state index in [2.05, 4.69) is 23.5 Å². The lowest BCUT2D eigenvalue weighted by Gasteiger charge is -2.31. The molecule has 0 aromatic heterocycles. The summed E-state index contributed by atoms with van der Waals surface area (Å²) in [6.45, 7) is 4.35. The van der Waals surface area contributed by atoms with E-state index in [0.29, 0.717) is 12.3 Å². The zero-order valence-electron chi connectivity index (χ0n) is 18.7. The van der Waals surface area contributed by atoms with Gasteiger partial charge in [0.15, 0.2) is 0 Å². The Kier molecular flexibility index (Phi) is 9.01. The summed E-state index contributed by atoms with van der Waals surface area (Å²) in [4.78, 5) is 27.9. The van der Waals surface area contributed by atoms with E-state index in [1.54, 1.807) is 16.7 Å². The second-order valence-electron chi connectivity index (χ2n) is 8.51. The van der Waals surface area contributed by atoms with Crippen LogP contribution in [-0.2, 0) is 21.9 Å². The molecule has 0 radical (unpaired) electrons. The number of aryl methyl sites for hydroxylation is 1. The van der Waals surface area contributed by atoms with Crippen molar-refractivity contribution in [3.63, 3.8) is 0 Å². The highest BCUT2D eigenvalue weighted by molar-refractivity contribution is 7.99. The van der Waals surface area contributed by atoms with Gasteiger partial charge in [0.2, 0.25) is 11.8 Å². The van der Waals surface area contributed by atoms with Crippen molar-refractivity contribution in [2.45, 2.75) is 70.3 Å². The summed E-state index contributed by atoms with van der Waals surface area (Å²) in [5, 5.41) is 3.19. The van der Waals surface area contributed by atoms with Crippen LogP contribution in [-0.4, -0.2) is 34.6 Å². The Hall–Kier alpha value is -2.27. The van der Waals surface area contributed by atoms with Gasteiger partial charge in [-0.2, -0.15) is 0 Å². The summed E-state index contributed by atoms with van der Waals surface area (Å²) in [6.07, 6.45) is 5.66. The maximum atomic E-state index is 13.2. The van der Waals surface area contributed by atoms with Gasteiger partial charge in [0.1, 0.15) is 6.04 Å². The number of benzene rings is 2. The van der Waals surface area contributed by atoms with Crippen molar-refractivity contribution in [2.24, 2.45) is 0 Å². The number of carbonyl (C=O) groups is 2. The average molecular weight is 439 g/mol. The van der Waals surface area contributed by atoms with Crippen molar-refractivity contribution in [3.8, 4) is 0 Å². The van der Waals surface area contributed by atoms with Crippen molar-refractivity contribution in [1.29, 1.82) is 0 Å². The molecule has 2 amide bonds. The first kappa shape index (κ1) is 23.4. The molecule has 0 unspecified atom stereocenters. The Morgan fingerprint density at radius 3 is 2.45 bits per heavy atom. The molecule has 1 atom stereocenters. The average Bonchev–Trinajstić information content (AvgIpc) is 2.78. The molecule has 0 bridgehead atoms. The van der Waals surface area contributed by atoms with E-state index in [1.807, 2.05) is 50.2 Å². The van der Waals surface area contributed by atoms with Crippen molar-refractivity contribution < 1.29 is 9.59 Å². The molecule has 5 heteroatoms. The van der Waals surface area contributed by atoms with Crippen LogP contribution >= 0.6 is 11.8 Å². The highest BCUT2D eigenvalue weighted by Gasteiger charge is 2.28. The molecule has 166 valence electrons. The van der Waals surface area contributed by atoms with Crippen LogP contribution in [0.15, 0.2) is 54.6 Å². The van der Waals surface area contributed by atoms with Crippen LogP contribution in [0, 0.1) is 6.92 Å². The zero-order chi connectivity index (χ0) is 22.1. The quantitative estimate of drug-likeness (QED) is 0.593. The second-order valence-corrected chi connectivity index (χ2v) is 9.49. The van der Waals surface area contributed by atoms with Gasteiger partial charge < -0.3 is 10.2 Å². The number of amides is 2. The van der Waals surface area contributed by atoms with Crippen LogP contribution in [0.25, 0.3) is 0 Å². The molecule has 2 aromatic rings. The maximum Gasteiger partial charge on any atom is 0.242 e. The minimum Gasteiger partial charge on any atom is -0.352 e. The fraction of sp³-hybridized carbons (Fsp3) is 0.462. The summed E-state index contributed by atoms with van der Waals surface area (Å²) in [7, 11) is 0. The van der Waals surface area contributed by atoms with Gasteiger partial charge in [0.05, 0.1) is 5.75 Å². The second kappa shape index (κ2) is 11.9. The van der Waals surface area contributed by atoms with Gasteiger partial charge in [0.25, 0.3) is 0 Å². The maximum absolute atomic E-state index is 13.2. The van der Waals surface area contributed by atoms with Gasteiger partial charge in [-0.05, 0) is 37.8 Å². The molecule has 3 rings (SSSR count). The lowest BCUT2D eigenvalue weighted by molar-refractivity contribution is -0.139. The highest BCUT2D eigenvalue weighted by atomic mass is 32.2. The molecule has 2 aromatic carbocycles. The topological polar surface area (TPSA) is 49.4 Å². The number of hydrogen-bond acceptors (Lipinski definition) is 3. The van der Waals surface area contributed by atoms with Crippen molar-refractivity contribution in [3.05, 3.63) is 71.3 Å². The largest absolute Gasteiger partial charge is 0.352 e. The molecule has 0 saturated heterocycles. The Labute approximate surface area is 190 Å². The van der Waals surface area contributed by atoms with Gasteiger partial charge in [-0.3, -0.25) is 9.59 Å². The molecule has 1 N–H and O–H groups in total. The van der Waals surface area contributed by atoms with E-state index < -0.39 is 6.04 Å². The Balaban J connectivity index is 1.65. The molecule has 4 nitrogen and oxygen atoms in total. The molecule has 0 spiro atoms. The van der Waals surface area contributed by atoms with Gasteiger partial charge >= 0.3 is 0 Å². The van der Waals surface area contributed by atoms with Crippen molar-refractivity contribution >= 4 is 23.6 Å². The van der Waals surface area contributed by atoms with E-state index in [-0.39, 0.29) is 17.9 Å². The molecule has 0 aliphatic heterocycles. The number of hydrogen-bond donors (Lipinski definition) is 1. The van der Waals surface area contributed by atoms with Crippen LogP contribution < -0.4 is 5.32 Å². The molecule has 1 fully saturated rings. The van der Waals surface area contributed by atoms with Crippen molar-refractivity contribution in [2.75, 3.05) is 5.75 Å². The highest BCUT2D eigenvalue weighted by Crippen LogP contribution is 2.19. The molecular weight excluding hydrogens is 404 g/mol. The van der Waals surface area contributed by atoms with Crippen LogP contribution in [0.3, 0.4) is 0 Å². The summed E-state index contributed by atoms with van der Waals surface area (Å²) in [6, 6.07) is 18.1. The van der Waals surface area contributed by atoms with Crippen LogP contribution in [0.1, 0.15) is 55.7 Å². The van der Waals surface area contributed by atoms with E-state index in [9.17, 15) is 9.59 Å². The summed E-state index contributed by atoms with van der Waals surface area (Å²) in [5.41, 5.74) is 3.41. The third-order valence-electron chi connectivity index (χ3n) is 5.89. The number of nitrogens with one attached hydrogen (secondary N) is 1. The lowest BCUT2D eigenvalue weighted by Crippen LogP contribution is -2.50. The first-order chi connectivity index (χ1) is 15.0. The number of thioether (sulfide) groups is 1. The first-order valence-electron chi connectivity index (χ1n) is 11.3. The predicted molar refractivity (Wildman–Crippen MR) is 129 cm³/mol. The van der Waals surface area contributed by atoms with Crippen LogP contribution in [0.2, 0.25) is 0 Å². The van der Waals surface area contributed by atoms with Crippen LogP contribution in [0.4, 0.5) is 0 Å². The van der Waals surface area contributed by atoms with Crippen LogP contribution in [0.5, 0.6) is 0 Å². The lowest BCUT2D eigenvalue weighted by atomic mass is 9.95. The Morgan fingerprint density at radius 2 is 1.74 bits per heavy atom. The third-order valence-corrected chi connectivity index (χ3v) is 6.88. The SMILES string of the molecule is Cc1cccc(CN(C(=O)CSCc2ccccc2)[C@H](C)C(=O)NC2CCCCC2)c1. The Bertz CT molecular complexity index is 849. The number of carbonyl (C=O) groups excluding carboxylic acids is 2. The van der Waals surface area contributed by atoms with Gasteiger partial charge in [-0.25, -0.2) is 0 Å². The summed E-state index contributed by atoms with van der Waals surface area (Å²) < 4.78 is 0. The fourth-order valence-electron chi connectivity index (χ4n) is 4.07. The first-order valence-corrected chi connectivity index (χ1v) is 12.5. The normalized spacial score (nSPS) is 15.3. The predicted octanol–water partition coefficient (Wildman–Crippen LogP) is 5.09. The van der Waals surface area contributed by atoms with E-state index >= 15 is 0 Å². The monoisotopic (exact) mass is 438 g/mol. The van der Waals surface area contributed by atoms with E-state index in [0.717, 1.165) is 29.7 Å². The van der Waals surface area contributed by atoms with Gasteiger partial charge in [-0.1, -0.05) is 79.4 Å². The number of nitrogens with zero attached hydrogens (tertiary/aromatic N) is 1. The number of rotatable bonds is 9. The molecule has 1 aliphatic carbocycles. The zero-order valence-corrected chi connectivity index (χ0v) is 19.5. The van der Waals surface area contributed by atoms with E-state index in [4.69, 9.17) is 0 Å². The minimum atomic E-state index is -0.493. The molecule has 1 aliphatic rings. The standard InChI is InChI=1S/C26H34N2O2S/c1-20-10-9-13-23(16-20)17-28(21(2)26(30)27-24-14-7-4-8-15-24)25(29)19-31-18-22-11-5-3-6-12-22/h3,5-6,9-13,16,21,24H,4,7-8,14-15,17-19H2,1-2H3,(H,27,30)/t21-/m1/s1. The van der Waals surface area contributed by atoms with Gasteiger partial charge in [-0.15, -0.1) is 11.8 Å². The Morgan fingerprint density at radius 1 is 1.03 bits per heavy atom. The molecule has 31 heavy (non-hydrogen) atoms. The molecule has 1 saturated carbocycles.